The van der Waals surface area contributed by atoms with Crippen LogP contribution in [-0.4, -0.2) is 38.8 Å². The second-order valence-corrected chi connectivity index (χ2v) is 6.23. The average Bonchev–Trinajstić information content (AvgIpc) is 2.69. The molecule has 0 fully saturated rings. The minimum atomic E-state index is -1.74. The summed E-state index contributed by atoms with van der Waals surface area (Å²) in [6.07, 6.45) is 4.33. The van der Waals surface area contributed by atoms with Crippen LogP contribution in [-0.2, 0) is 4.79 Å². The first-order valence-electron chi connectivity index (χ1n) is 8.44. The third-order valence-corrected chi connectivity index (χ3v) is 4.20. The number of aromatic carboxylic acids is 2. The maximum absolute atomic E-state index is 12.0. The first-order valence-corrected chi connectivity index (χ1v) is 8.44. The summed E-state index contributed by atoms with van der Waals surface area (Å²) in [6, 6.07) is 11.1. The molecule has 1 unspecified atom stereocenters. The molecule has 8 heteroatoms. The monoisotopic (exact) mass is 396 g/mol. The standard InChI is InChI=1S/C21H16O8/c22-18(23)13-3-7-15(8-4-13)28-17-2-1-11-21(12-17,20(26)27)29-16-9-5-14(6-10-16)19(24)25/h1-11H,12H2,(H,22,23)(H,24,25)(H,26,27). The van der Waals surface area contributed by atoms with E-state index in [1.54, 1.807) is 6.08 Å². The van der Waals surface area contributed by atoms with Gasteiger partial charge in [-0.2, -0.15) is 0 Å². The van der Waals surface area contributed by atoms with Crippen molar-refractivity contribution >= 4 is 17.9 Å². The Hall–Kier alpha value is -4.07. The van der Waals surface area contributed by atoms with E-state index in [0.29, 0.717) is 11.5 Å². The molecule has 3 N–H and O–H groups in total. The fourth-order valence-corrected chi connectivity index (χ4v) is 2.71. The van der Waals surface area contributed by atoms with E-state index >= 15 is 0 Å². The molecule has 0 aliphatic heterocycles. The molecule has 0 bridgehead atoms. The fourth-order valence-electron chi connectivity index (χ4n) is 2.71. The largest absolute Gasteiger partial charge is 0.478 e. The van der Waals surface area contributed by atoms with Gasteiger partial charge in [0.15, 0.2) is 0 Å². The van der Waals surface area contributed by atoms with Crippen molar-refractivity contribution in [3.05, 3.63) is 83.6 Å². The Balaban J connectivity index is 1.77. The van der Waals surface area contributed by atoms with Crippen LogP contribution in [0, 0.1) is 0 Å². The lowest BCUT2D eigenvalue weighted by molar-refractivity contribution is -0.151. The zero-order valence-corrected chi connectivity index (χ0v) is 14.9. The number of allylic oxidation sites excluding steroid dienone is 2. The van der Waals surface area contributed by atoms with E-state index in [4.69, 9.17) is 19.7 Å². The van der Waals surface area contributed by atoms with Gasteiger partial charge < -0.3 is 24.8 Å². The van der Waals surface area contributed by atoms with Crippen LogP contribution >= 0.6 is 0 Å². The van der Waals surface area contributed by atoms with Gasteiger partial charge in [-0.15, -0.1) is 0 Å². The van der Waals surface area contributed by atoms with Crippen molar-refractivity contribution in [3.8, 4) is 11.5 Å². The van der Waals surface area contributed by atoms with E-state index in [-0.39, 0.29) is 23.3 Å². The number of hydrogen-bond acceptors (Lipinski definition) is 5. The van der Waals surface area contributed by atoms with Crippen LogP contribution in [0.25, 0.3) is 0 Å². The molecule has 1 aliphatic carbocycles. The number of benzene rings is 2. The van der Waals surface area contributed by atoms with Crippen LogP contribution in [0.1, 0.15) is 27.1 Å². The summed E-state index contributed by atoms with van der Waals surface area (Å²) in [5, 5.41) is 27.7. The van der Waals surface area contributed by atoms with Gasteiger partial charge >= 0.3 is 17.9 Å². The van der Waals surface area contributed by atoms with Gasteiger partial charge in [0.25, 0.3) is 0 Å². The Morgan fingerprint density at radius 1 is 0.793 bits per heavy atom. The van der Waals surface area contributed by atoms with Crippen molar-refractivity contribution in [2.24, 2.45) is 0 Å². The van der Waals surface area contributed by atoms with Gasteiger partial charge in [-0.25, -0.2) is 14.4 Å². The van der Waals surface area contributed by atoms with Crippen molar-refractivity contribution in [1.29, 1.82) is 0 Å². The van der Waals surface area contributed by atoms with Gasteiger partial charge in [0.1, 0.15) is 17.3 Å². The lowest BCUT2D eigenvalue weighted by Crippen LogP contribution is -2.44. The van der Waals surface area contributed by atoms with E-state index in [1.165, 1.54) is 60.7 Å². The number of carboxylic acids is 3. The summed E-state index contributed by atoms with van der Waals surface area (Å²) in [5.41, 5.74) is -1.59. The van der Waals surface area contributed by atoms with E-state index in [2.05, 4.69) is 0 Å². The first kappa shape index (κ1) is 19.7. The SMILES string of the molecule is O=C(O)c1ccc(OC2=CC=CC(Oc3ccc(C(=O)O)cc3)(C(=O)O)C2)cc1. The molecule has 148 valence electrons. The smallest absolute Gasteiger partial charge is 0.352 e. The summed E-state index contributed by atoms with van der Waals surface area (Å²) < 4.78 is 11.4. The number of rotatable bonds is 7. The molecular weight excluding hydrogens is 380 g/mol. The van der Waals surface area contributed by atoms with Crippen molar-refractivity contribution < 1.29 is 39.2 Å². The predicted molar refractivity (Wildman–Crippen MR) is 100 cm³/mol. The average molecular weight is 396 g/mol. The lowest BCUT2D eigenvalue weighted by Gasteiger charge is -2.30. The quantitative estimate of drug-likeness (QED) is 0.650. The first-order chi connectivity index (χ1) is 13.8. The van der Waals surface area contributed by atoms with Crippen LogP contribution < -0.4 is 9.47 Å². The van der Waals surface area contributed by atoms with Gasteiger partial charge in [0, 0.05) is 0 Å². The summed E-state index contributed by atoms with van der Waals surface area (Å²) in [6.45, 7) is 0. The Morgan fingerprint density at radius 3 is 1.79 bits per heavy atom. The zero-order chi connectivity index (χ0) is 21.0. The van der Waals surface area contributed by atoms with Crippen molar-refractivity contribution in [1.82, 2.24) is 0 Å². The van der Waals surface area contributed by atoms with E-state index in [0.717, 1.165) is 0 Å². The molecule has 0 amide bonds. The second kappa shape index (κ2) is 7.89. The topological polar surface area (TPSA) is 130 Å². The maximum Gasteiger partial charge on any atom is 0.352 e. The van der Waals surface area contributed by atoms with Gasteiger partial charge in [0.2, 0.25) is 5.60 Å². The van der Waals surface area contributed by atoms with Crippen LogP contribution in [0.5, 0.6) is 11.5 Å². The molecule has 0 radical (unpaired) electrons. The highest BCUT2D eigenvalue weighted by Gasteiger charge is 2.41. The Bertz CT molecular complexity index is 1000. The summed E-state index contributed by atoms with van der Waals surface area (Å²) >= 11 is 0. The van der Waals surface area contributed by atoms with E-state index in [9.17, 15) is 19.5 Å². The highest BCUT2D eigenvalue weighted by Crippen LogP contribution is 2.31. The minimum absolute atomic E-state index is 0.0506. The van der Waals surface area contributed by atoms with Gasteiger partial charge in [-0.3, -0.25) is 0 Å². The summed E-state index contributed by atoms with van der Waals surface area (Å²) in [4.78, 5) is 33.8. The fraction of sp³-hybridized carbons (Fsp3) is 0.0952. The molecule has 0 aromatic heterocycles. The molecule has 2 aromatic rings. The number of carbonyl (C=O) groups is 3. The van der Waals surface area contributed by atoms with Gasteiger partial charge in [-0.1, -0.05) is 6.08 Å². The summed E-state index contributed by atoms with van der Waals surface area (Å²) in [5.74, 6) is -2.57. The van der Waals surface area contributed by atoms with Crippen LogP contribution in [0.2, 0.25) is 0 Å². The zero-order valence-electron chi connectivity index (χ0n) is 14.9. The van der Waals surface area contributed by atoms with Crippen molar-refractivity contribution in [2.75, 3.05) is 0 Å². The second-order valence-electron chi connectivity index (χ2n) is 6.23. The maximum atomic E-state index is 12.0. The van der Waals surface area contributed by atoms with Crippen molar-refractivity contribution in [3.63, 3.8) is 0 Å². The molecule has 2 aromatic carbocycles. The number of carboxylic acid groups (broad SMARTS) is 3. The normalized spacial score (nSPS) is 17.9. The van der Waals surface area contributed by atoms with Crippen molar-refractivity contribution in [2.45, 2.75) is 12.0 Å². The highest BCUT2D eigenvalue weighted by molar-refractivity contribution is 5.88. The number of aliphatic carboxylic acids is 1. The molecule has 29 heavy (non-hydrogen) atoms. The van der Waals surface area contributed by atoms with Gasteiger partial charge in [-0.05, 0) is 60.7 Å². The number of hydrogen-bond donors (Lipinski definition) is 3. The summed E-state index contributed by atoms with van der Waals surface area (Å²) in [7, 11) is 0. The van der Waals surface area contributed by atoms with Crippen LogP contribution in [0.15, 0.2) is 72.5 Å². The minimum Gasteiger partial charge on any atom is -0.478 e. The van der Waals surface area contributed by atoms with E-state index < -0.39 is 23.5 Å². The molecular formula is C21H16O8. The van der Waals surface area contributed by atoms with Crippen LogP contribution in [0.3, 0.4) is 0 Å². The van der Waals surface area contributed by atoms with Gasteiger partial charge in [0.05, 0.1) is 17.5 Å². The highest BCUT2D eigenvalue weighted by atomic mass is 16.5. The Kier molecular flexibility index (Phi) is 5.36. The third kappa shape index (κ3) is 4.44. The number of ether oxygens (including phenoxy) is 2. The predicted octanol–water partition coefficient (Wildman–Crippen LogP) is 3.21. The molecule has 0 spiro atoms. The third-order valence-electron chi connectivity index (χ3n) is 4.20. The Labute approximate surface area is 164 Å². The van der Waals surface area contributed by atoms with Crippen LogP contribution in [0.4, 0.5) is 0 Å². The lowest BCUT2D eigenvalue weighted by atomic mass is 9.93. The molecule has 1 aliphatic rings. The molecule has 1 atom stereocenters. The molecule has 0 saturated carbocycles. The molecule has 0 heterocycles. The molecule has 8 nitrogen and oxygen atoms in total. The Morgan fingerprint density at radius 2 is 1.31 bits per heavy atom. The molecule has 3 rings (SSSR count). The van der Waals surface area contributed by atoms with E-state index in [1.807, 2.05) is 0 Å². The molecule has 0 saturated heterocycles.